The van der Waals surface area contributed by atoms with E-state index in [2.05, 4.69) is 13.8 Å². The quantitative estimate of drug-likeness (QED) is 0.477. The topological polar surface area (TPSA) is 46.5 Å². The van der Waals surface area contributed by atoms with E-state index in [9.17, 15) is 9.90 Å². The molecule has 0 aliphatic heterocycles. The third-order valence-corrected chi connectivity index (χ3v) is 3.75. The van der Waals surface area contributed by atoms with E-state index in [4.69, 9.17) is 4.74 Å². The maximum atomic E-state index is 11.0. The van der Waals surface area contributed by atoms with Crippen molar-refractivity contribution in [2.24, 2.45) is 0 Å². The maximum absolute atomic E-state index is 11.0. The molecule has 0 saturated carbocycles. The minimum atomic E-state index is -0.317. The Morgan fingerprint density at radius 1 is 0.870 bits per heavy atom. The number of allylic oxidation sites excluding steroid dienone is 2. The van der Waals surface area contributed by atoms with Gasteiger partial charge in [0.1, 0.15) is 11.5 Å². The number of carbonyl (C=O) groups is 1. The molecule has 3 nitrogen and oxygen atoms in total. The van der Waals surface area contributed by atoms with E-state index in [1.807, 2.05) is 36.4 Å². The fourth-order valence-electron chi connectivity index (χ4n) is 2.74. The summed E-state index contributed by atoms with van der Waals surface area (Å²) in [5.41, 5.74) is 4.75. The number of hydrogen-bond donors (Lipinski definition) is 1. The van der Waals surface area contributed by atoms with Gasteiger partial charge in [0.2, 0.25) is 0 Å². The van der Waals surface area contributed by atoms with Crippen molar-refractivity contribution in [1.82, 2.24) is 0 Å². The SMILES string of the molecule is CCC(=C(CC)c1ccc(OC(C)=O)cc1)c1ccc(O)cc1. The summed E-state index contributed by atoms with van der Waals surface area (Å²) in [5, 5.41) is 9.47. The molecule has 0 fully saturated rings. The van der Waals surface area contributed by atoms with Gasteiger partial charge in [-0.25, -0.2) is 0 Å². The fourth-order valence-corrected chi connectivity index (χ4v) is 2.74. The molecule has 0 aliphatic rings. The second kappa shape index (κ2) is 7.63. The summed E-state index contributed by atoms with van der Waals surface area (Å²) in [5.74, 6) is 0.509. The van der Waals surface area contributed by atoms with Gasteiger partial charge in [-0.05, 0) is 59.4 Å². The highest BCUT2D eigenvalue weighted by Gasteiger charge is 2.09. The zero-order chi connectivity index (χ0) is 16.8. The molecule has 0 aliphatic carbocycles. The molecule has 1 N–H and O–H groups in total. The van der Waals surface area contributed by atoms with Crippen molar-refractivity contribution in [2.45, 2.75) is 33.6 Å². The molecule has 2 aromatic rings. The van der Waals surface area contributed by atoms with E-state index >= 15 is 0 Å². The summed E-state index contributed by atoms with van der Waals surface area (Å²) in [4.78, 5) is 11.0. The first-order valence-corrected chi connectivity index (χ1v) is 7.85. The van der Waals surface area contributed by atoms with Gasteiger partial charge in [0.25, 0.3) is 0 Å². The lowest BCUT2D eigenvalue weighted by Gasteiger charge is -2.14. The Balaban J connectivity index is 2.42. The summed E-state index contributed by atoms with van der Waals surface area (Å²) >= 11 is 0. The van der Waals surface area contributed by atoms with Crippen molar-refractivity contribution in [3.63, 3.8) is 0 Å². The van der Waals surface area contributed by atoms with Crippen molar-refractivity contribution in [1.29, 1.82) is 0 Å². The van der Waals surface area contributed by atoms with Crippen LogP contribution >= 0.6 is 0 Å². The third kappa shape index (κ3) is 4.22. The largest absolute Gasteiger partial charge is 0.508 e. The van der Waals surface area contributed by atoms with E-state index in [0.29, 0.717) is 5.75 Å². The van der Waals surface area contributed by atoms with Gasteiger partial charge in [-0.15, -0.1) is 0 Å². The number of benzene rings is 2. The lowest BCUT2D eigenvalue weighted by atomic mass is 9.91. The molecule has 120 valence electrons. The van der Waals surface area contributed by atoms with Crippen molar-refractivity contribution >= 4 is 17.1 Å². The van der Waals surface area contributed by atoms with Crippen molar-refractivity contribution < 1.29 is 14.6 Å². The number of rotatable bonds is 5. The second-order valence-corrected chi connectivity index (χ2v) is 5.33. The summed E-state index contributed by atoms with van der Waals surface area (Å²) in [6.45, 7) is 5.65. The zero-order valence-electron chi connectivity index (χ0n) is 13.8. The summed E-state index contributed by atoms with van der Waals surface area (Å²) in [7, 11) is 0. The first-order chi connectivity index (χ1) is 11.0. The predicted octanol–water partition coefficient (Wildman–Crippen LogP) is 5.05. The molecule has 2 aromatic carbocycles. The molecule has 2 rings (SSSR count). The molecular formula is C20H22O3. The number of phenolic OH excluding ortho intramolecular Hbond substituents is 1. The van der Waals surface area contributed by atoms with Gasteiger partial charge >= 0.3 is 5.97 Å². The monoisotopic (exact) mass is 310 g/mol. The summed E-state index contributed by atoms with van der Waals surface area (Å²) < 4.78 is 5.08. The van der Waals surface area contributed by atoms with Crippen LogP contribution in [0.1, 0.15) is 44.7 Å². The van der Waals surface area contributed by atoms with E-state index < -0.39 is 0 Å². The van der Waals surface area contributed by atoms with Crippen LogP contribution in [0.25, 0.3) is 11.1 Å². The number of hydrogen-bond acceptors (Lipinski definition) is 3. The van der Waals surface area contributed by atoms with Gasteiger partial charge in [-0.3, -0.25) is 4.79 Å². The minimum absolute atomic E-state index is 0.271. The standard InChI is InChI=1S/C20H22O3/c1-4-19(15-6-10-17(22)11-7-15)20(5-2)16-8-12-18(13-9-16)23-14(3)21/h6-13,22H,4-5H2,1-3H3. The Morgan fingerprint density at radius 3 is 1.70 bits per heavy atom. The Kier molecular flexibility index (Phi) is 5.58. The van der Waals surface area contributed by atoms with Crippen molar-refractivity contribution in [3.05, 3.63) is 59.7 Å². The number of esters is 1. The molecule has 0 atom stereocenters. The van der Waals surface area contributed by atoms with Crippen LogP contribution in [0.2, 0.25) is 0 Å². The van der Waals surface area contributed by atoms with Crippen LogP contribution in [0.4, 0.5) is 0 Å². The van der Waals surface area contributed by atoms with Gasteiger partial charge in [-0.1, -0.05) is 38.1 Å². The Hall–Kier alpha value is -2.55. The van der Waals surface area contributed by atoms with Gasteiger partial charge in [0.05, 0.1) is 0 Å². The van der Waals surface area contributed by atoms with Crippen molar-refractivity contribution in [2.75, 3.05) is 0 Å². The van der Waals surface area contributed by atoms with E-state index in [1.165, 1.54) is 18.1 Å². The normalized spacial score (nSPS) is 11.8. The van der Waals surface area contributed by atoms with Gasteiger partial charge in [0.15, 0.2) is 0 Å². The minimum Gasteiger partial charge on any atom is -0.508 e. The van der Waals surface area contributed by atoms with Crippen LogP contribution in [-0.2, 0) is 4.79 Å². The summed E-state index contributed by atoms with van der Waals surface area (Å²) in [6, 6.07) is 14.9. The molecule has 0 radical (unpaired) electrons. The molecule has 0 heterocycles. The molecule has 0 unspecified atom stereocenters. The van der Waals surface area contributed by atoms with Crippen molar-refractivity contribution in [3.8, 4) is 11.5 Å². The number of phenols is 1. The highest BCUT2D eigenvalue weighted by atomic mass is 16.5. The Bertz CT molecular complexity index is 695. The maximum Gasteiger partial charge on any atom is 0.308 e. The molecular weight excluding hydrogens is 288 g/mol. The molecule has 3 heteroatoms. The number of ether oxygens (including phenoxy) is 1. The highest BCUT2D eigenvalue weighted by molar-refractivity contribution is 5.90. The fraction of sp³-hybridized carbons (Fsp3) is 0.250. The van der Waals surface area contributed by atoms with Crippen LogP contribution in [0.5, 0.6) is 11.5 Å². The Labute approximate surface area is 137 Å². The van der Waals surface area contributed by atoms with Crippen LogP contribution in [0, 0.1) is 0 Å². The number of aromatic hydroxyl groups is 1. The van der Waals surface area contributed by atoms with Crippen LogP contribution in [-0.4, -0.2) is 11.1 Å². The molecule has 0 spiro atoms. The average molecular weight is 310 g/mol. The van der Waals surface area contributed by atoms with E-state index in [0.717, 1.165) is 24.0 Å². The second-order valence-electron chi connectivity index (χ2n) is 5.33. The first-order valence-electron chi connectivity index (χ1n) is 7.85. The van der Waals surface area contributed by atoms with E-state index in [-0.39, 0.29) is 11.7 Å². The number of carbonyl (C=O) groups excluding carboxylic acids is 1. The molecule has 0 bridgehead atoms. The van der Waals surface area contributed by atoms with Crippen LogP contribution in [0.15, 0.2) is 48.5 Å². The lowest BCUT2D eigenvalue weighted by Crippen LogP contribution is -2.01. The molecule has 0 aromatic heterocycles. The molecule has 0 saturated heterocycles. The smallest absolute Gasteiger partial charge is 0.308 e. The third-order valence-electron chi connectivity index (χ3n) is 3.75. The molecule has 0 amide bonds. The first kappa shape index (κ1) is 16.8. The van der Waals surface area contributed by atoms with Gasteiger partial charge in [0, 0.05) is 6.92 Å². The summed E-state index contributed by atoms with van der Waals surface area (Å²) in [6.07, 6.45) is 1.80. The lowest BCUT2D eigenvalue weighted by molar-refractivity contribution is -0.131. The molecule has 23 heavy (non-hydrogen) atoms. The van der Waals surface area contributed by atoms with E-state index in [1.54, 1.807) is 12.1 Å². The highest BCUT2D eigenvalue weighted by Crippen LogP contribution is 2.32. The Morgan fingerprint density at radius 2 is 1.30 bits per heavy atom. The van der Waals surface area contributed by atoms with Gasteiger partial charge < -0.3 is 9.84 Å². The van der Waals surface area contributed by atoms with Crippen LogP contribution in [0.3, 0.4) is 0 Å². The van der Waals surface area contributed by atoms with Crippen LogP contribution < -0.4 is 4.74 Å². The zero-order valence-corrected chi connectivity index (χ0v) is 13.8. The average Bonchev–Trinajstić information content (AvgIpc) is 2.54. The predicted molar refractivity (Wildman–Crippen MR) is 93.3 cm³/mol. The van der Waals surface area contributed by atoms with Gasteiger partial charge in [-0.2, -0.15) is 0 Å².